The highest BCUT2D eigenvalue weighted by atomic mass is 35.5. The maximum absolute atomic E-state index is 12.7. The van der Waals surface area contributed by atoms with Crippen LogP contribution in [0.15, 0.2) is 66.7 Å². The van der Waals surface area contributed by atoms with Crippen molar-refractivity contribution >= 4 is 17.5 Å². The van der Waals surface area contributed by atoms with Crippen LogP contribution in [0.4, 0.5) is 0 Å². The fourth-order valence-electron chi connectivity index (χ4n) is 3.24. The van der Waals surface area contributed by atoms with Gasteiger partial charge in [0.25, 0.3) is 5.91 Å². The van der Waals surface area contributed by atoms with Gasteiger partial charge in [0, 0.05) is 5.02 Å². The number of benzene rings is 3. The maximum Gasteiger partial charge on any atom is 0.258 e. The van der Waals surface area contributed by atoms with E-state index in [0.29, 0.717) is 5.75 Å². The van der Waals surface area contributed by atoms with E-state index in [1.165, 1.54) is 0 Å². The second-order valence-corrected chi connectivity index (χ2v) is 7.31. The summed E-state index contributed by atoms with van der Waals surface area (Å²) in [6, 6.07) is 21.5. The van der Waals surface area contributed by atoms with Gasteiger partial charge in [-0.25, -0.2) is 0 Å². The summed E-state index contributed by atoms with van der Waals surface area (Å²) in [6.07, 6.45) is 0. The highest BCUT2D eigenvalue weighted by Gasteiger charge is 2.18. The molecule has 0 aliphatic carbocycles. The fraction of sp³-hybridized carbons (Fsp3) is 0.208. The van der Waals surface area contributed by atoms with Crippen LogP contribution >= 0.6 is 11.6 Å². The van der Waals surface area contributed by atoms with Crippen molar-refractivity contribution in [1.29, 1.82) is 0 Å². The number of carbonyl (C=O) groups excluding carboxylic acids is 1. The van der Waals surface area contributed by atoms with Crippen molar-refractivity contribution in [2.45, 2.75) is 26.8 Å². The zero-order valence-electron chi connectivity index (χ0n) is 16.3. The molecule has 0 aliphatic rings. The molecule has 28 heavy (non-hydrogen) atoms. The predicted molar refractivity (Wildman–Crippen MR) is 114 cm³/mol. The highest BCUT2D eigenvalue weighted by molar-refractivity contribution is 6.32. The van der Waals surface area contributed by atoms with Crippen molar-refractivity contribution in [2.75, 3.05) is 6.61 Å². The van der Waals surface area contributed by atoms with E-state index < -0.39 is 0 Å². The molecule has 0 bridgehead atoms. The smallest absolute Gasteiger partial charge is 0.258 e. The minimum Gasteiger partial charge on any atom is -0.484 e. The van der Waals surface area contributed by atoms with Crippen LogP contribution in [0.5, 0.6) is 5.75 Å². The zero-order valence-corrected chi connectivity index (χ0v) is 17.1. The molecule has 4 heteroatoms. The molecule has 1 atom stereocenters. The molecule has 1 N–H and O–H groups in total. The summed E-state index contributed by atoms with van der Waals surface area (Å²) in [5.74, 6) is 0.462. The number of amides is 1. The molecule has 0 saturated heterocycles. The van der Waals surface area contributed by atoms with E-state index in [9.17, 15) is 4.79 Å². The average molecular weight is 394 g/mol. The molecular formula is C24H24ClNO2. The lowest BCUT2D eigenvalue weighted by molar-refractivity contribution is -0.123. The molecule has 3 rings (SSSR count). The summed E-state index contributed by atoms with van der Waals surface area (Å²) >= 11 is 6.20. The average Bonchev–Trinajstić information content (AvgIpc) is 2.70. The van der Waals surface area contributed by atoms with Crippen LogP contribution in [0.25, 0.3) is 0 Å². The van der Waals surface area contributed by atoms with Crippen LogP contribution in [0.1, 0.15) is 33.9 Å². The van der Waals surface area contributed by atoms with Crippen LogP contribution in [0.2, 0.25) is 5.02 Å². The molecule has 3 aromatic carbocycles. The molecule has 0 aliphatic heterocycles. The highest BCUT2D eigenvalue weighted by Crippen LogP contribution is 2.27. The fourth-order valence-corrected chi connectivity index (χ4v) is 3.35. The lowest BCUT2D eigenvalue weighted by atomic mass is 9.95. The van der Waals surface area contributed by atoms with E-state index in [-0.39, 0.29) is 18.6 Å². The number of hydrogen-bond acceptors (Lipinski definition) is 2. The summed E-state index contributed by atoms with van der Waals surface area (Å²) < 4.78 is 5.72. The number of ether oxygens (including phenoxy) is 1. The largest absolute Gasteiger partial charge is 0.484 e. The molecule has 3 nitrogen and oxygen atoms in total. The molecule has 0 unspecified atom stereocenters. The van der Waals surface area contributed by atoms with E-state index in [0.717, 1.165) is 32.8 Å². The minimum absolute atomic E-state index is 0.0598. The van der Waals surface area contributed by atoms with E-state index in [4.69, 9.17) is 16.3 Å². The predicted octanol–water partition coefficient (Wildman–Crippen LogP) is 5.55. The number of nitrogens with one attached hydrogen (secondary N) is 1. The molecule has 0 fully saturated rings. The van der Waals surface area contributed by atoms with Crippen molar-refractivity contribution in [3.63, 3.8) is 0 Å². The van der Waals surface area contributed by atoms with Gasteiger partial charge in [0.1, 0.15) is 5.75 Å². The van der Waals surface area contributed by atoms with Crippen LogP contribution in [-0.4, -0.2) is 12.5 Å². The first kappa shape index (κ1) is 20.0. The van der Waals surface area contributed by atoms with E-state index in [1.807, 2.05) is 87.5 Å². The minimum atomic E-state index is -0.229. The maximum atomic E-state index is 12.7. The number of halogens is 1. The van der Waals surface area contributed by atoms with Gasteiger partial charge < -0.3 is 10.1 Å². The molecule has 0 radical (unpaired) electrons. The van der Waals surface area contributed by atoms with Crippen molar-refractivity contribution in [1.82, 2.24) is 5.32 Å². The van der Waals surface area contributed by atoms with Gasteiger partial charge in [0.05, 0.1) is 6.04 Å². The van der Waals surface area contributed by atoms with Crippen molar-refractivity contribution in [3.05, 3.63) is 99.6 Å². The van der Waals surface area contributed by atoms with Gasteiger partial charge in [-0.2, -0.15) is 0 Å². The first-order chi connectivity index (χ1) is 13.5. The molecule has 0 aromatic heterocycles. The van der Waals surface area contributed by atoms with E-state index >= 15 is 0 Å². The van der Waals surface area contributed by atoms with Crippen molar-refractivity contribution in [2.24, 2.45) is 0 Å². The first-order valence-electron chi connectivity index (χ1n) is 9.25. The molecule has 1 amide bonds. The SMILES string of the molecule is Cc1ccccc1[C@H](NC(=O)COc1cc(C)c(Cl)c(C)c1)c1ccccc1. The topological polar surface area (TPSA) is 38.3 Å². The summed E-state index contributed by atoms with van der Waals surface area (Å²) in [7, 11) is 0. The summed E-state index contributed by atoms with van der Waals surface area (Å²) in [5.41, 5.74) is 5.09. The summed E-state index contributed by atoms with van der Waals surface area (Å²) in [6.45, 7) is 5.83. The van der Waals surface area contributed by atoms with Gasteiger partial charge >= 0.3 is 0 Å². The second-order valence-electron chi connectivity index (χ2n) is 6.93. The molecule has 0 spiro atoms. The molecular weight excluding hydrogens is 370 g/mol. The summed E-state index contributed by atoms with van der Waals surface area (Å²) in [4.78, 5) is 12.7. The molecule has 0 heterocycles. The van der Waals surface area contributed by atoms with Crippen molar-refractivity contribution < 1.29 is 9.53 Å². The van der Waals surface area contributed by atoms with Gasteiger partial charge in [-0.05, 0) is 60.7 Å². The molecule has 0 saturated carbocycles. The number of hydrogen-bond donors (Lipinski definition) is 1. The Labute approximate surface area is 171 Å². The Morgan fingerprint density at radius 1 is 0.929 bits per heavy atom. The third kappa shape index (κ3) is 4.73. The van der Waals surface area contributed by atoms with Crippen LogP contribution in [-0.2, 0) is 4.79 Å². The third-order valence-corrected chi connectivity index (χ3v) is 5.31. The number of carbonyl (C=O) groups is 1. The number of rotatable bonds is 6. The van der Waals surface area contributed by atoms with Gasteiger partial charge in [-0.15, -0.1) is 0 Å². The normalized spacial score (nSPS) is 11.7. The Balaban J connectivity index is 1.76. The van der Waals surface area contributed by atoms with Gasteiger partial charge in [-0.3, -0.25) is 4.79 Å². The molecule has 144 valence electrons. The van der Waals surface area contributed by atoms with Crippen LogP contribution in [0.3, 0.4) is 0 Å². The van der Waals surface area contributed by atoms with E-state index in [1.54, 1.807) is 0 Å². The Morgan fingerprint density at radius 3 is 2.18 bits per heavy atom. The Hall–Kier alpha value is -2.78. The quantitative estimate of drug-likeness (QED) is 0.596. The monoisotopic (exact) mass is 393 g/mol. The van der Waals surface area contributed by atoms with Gasteiger partial charge in [0.15, 0.2) is 6.61 Å². The number of aryl methyl sites for hydroxylation is 3. The first-order valence-corrected chi connectivity index (χ1v) is 9.63. The lowest BCUT2D eigenvalue weighted by Crippen LogP contribution is -2.33. The Kier molecular flexibility index (Phi) is 6.37. The van der Waals surface area contributed by atoms with Crippen LogP contribution < -0.4 is 10.1 Å². The lowest BCUT2D eigenvalue weighted by Gasteiger charge is -2.22. The van der Waals surface area contributed by atoms with E-state index in [2.05, 4.69) is 5.32 Å². The van der Waals surface area contributed by atoms with Gasteiger partial charge in [0.2, 0.25) is 0 Å². The Morgan fingerprint density at radius 2 is 1.54 bits per heavy atom. The Bertz CT molecular complexity index is 946. The zero-order chi connectivity index (χ0) is 20.1. The van der Waals surface area contributed by atoms with Crippen molar-refractivity contribution in [3.8, 4) is 5.75 Å². The molecule has 3 aromatic rings. The third-order valence-electron chi connectivity index (χ3n) is 4.72. The standard InChI is InChI=1S/C24H24ClNO2/c1-16-9-7-8-12-21(16)24(19-10-5-4-6-11-19)26-22(27)15-28-20-13-17(2)23(25)18(3)14-20/h4-14,24H,15H2,1-3H3,(H,26,27)/t24-/m1/s1. The van der Waals surface area contributed by atoms with Gasteiger partial charge in [-0.1, -0.05) is 66.2 Å². The van der Waals surface area contributed by atoms with Crippen LogP contribution in [0, 0.1) is 20.8 Å². The second kappa shape index (κ2) is 8.94. The summed E-state index contributed by atoms with van der Waals surface area (Å²) in [5, 5.41) is 3.83.